The van der Waals surface area contributed by atoms with Crippen LogP contribution in [-0.2, 0) is 5.41 Å². The highest BCUT2D eigenvalue weighted by Crippen LogP contribution is 2.68. The Morgan fingerprint density at radius 3 is 2.80 bits per heavy atom. The Hall–Kier alpha value is -2.21. The Balaban J connectivity index is 1.82. The van der Waals surface area contributed by atoms with Gasteiger partial charge in [0, 0.05) is 11.0 Å². The molecule has 5 nitrogen and oxygen atoms in total. The highest BCUT2D eigenvalue weighted by atomic mass is 32.1. The number of nitrogens with zero attached hydrogens (tertiary/aromatic N) is 3. The van der Waals surface area contributed by atoms with Gasteiger partial charge in [-0.05, 0) is 36.3 Å². The van der Waals surface area contributed by atoms with E-state index in [9.17, 15) is 9.90 Å². The fourth-order valence-corrected chi connectivity index (χ4v) is 5.89. The summed E-state index contributed by atoms with van der Waals surface area (Å²) in [5.74, 6) is -0.690. The van der Waals surface area contributed by atoms with Crippen LogP contribution in [0.2, 0.25) is 0 Å². The number of aromatic carboxylic acids is 1. The van der Waals surface area contributed by atoms with Crippen LogP contribution >= 0.6 is 11.3 Å². The lowest BCUT2D eigenvalue weighted by atomic mass is 9.70. The van der Waals surface area contributed by atoms with Gasteiger partial charge in [-0.25, -0.2) is 14.5 Å². The first kappa shape index (κ1) is 15.1. The smallest absolute Gasteiger partial charge is 0.356 e. The van der Waals surface area contributed by atoms with E-state index in [4.69, 9.17) is 4.98 Å². The number of fused-ring (bicyclic) bond motifs is 6. The average molecular weight is 353 g/mol. The van der Waals surface area contributed by atoms with E-state index >= 15 is 0 Å². The molecule has 128 valence electrons. The van der Waals surface area contributed by atoms with Crippen molar-refractivity contribution < 1.29 is 9.90 Å². The van der Waals surface area contributed by atoms with Crippen molar-refractivity contribution >= 4 is 27.5 Å². The van der Waals surface area contributed by atoms with Gasteiger partial charge in [-0.1, -0.05) is 44.2 Å². The summed E-state index contributed by atoms with van der Waals surface area (Å²) in [5.41, 5.74) is 3.08. The second kappa shape index (κ2) is 4.49. The van der Waals surface area contributed by atoms with Crippen LogP contribution < -0.4 is 0 Å². The van der Waals surface area contributed by atoms with Gasteiger partial charge in [0.25, 0.3) is 0 Å². The number of hydrogen-bond acceptors (Lipinski definition) is 4. The largest absolute Gasteiger partial charge is 0.476 e. The monoisotopic (exact) mass is 353 g/mol. The second-order valence-corrected chi connectivity index (χ2v) is 8.95. The Labute approximate surface area is 149 Å². The van der Waals surface area contributed by atoms with Crippen LogP contribution in [0.5, 0.6) is 0 Å². The van der Waals surface area contributed by atoms with Gasteiger partial charge < -0.3 is 5.11 Å². The predicted molar refractivity (Wildman–Crippen MR) is 96.8 cm³/mol. The van der Waals surface area contributed by atoms with Crippen molar-refractivity contribution in [3.05, 3.63) is 41.2 Å². The number of thiazole rings is 1. The highest BCUT2D eigenvalue weighted by molar-refractivity contribution is 7.20. The topological polar surface area (TPSA) is 68.0 Å². The Bertz CT molecular complexity index is 1020. The van der Waals surface area contributed by atoms with Crippen LogP contribution in [0.4, 0.5) is 0 Å². The fraction of sp³-hybridized carbons (Fsp3) is 0.421. The maximum absolute atomic E-state index is 11.9. The highest BCUT2D eigenvalue weighted by Gasteiger charge is 2.63. The lowest BCUT2D eigenvalue weighted by molar-refractivity contribution is 0.0687. The molecule has 6 heteroatoms. The quantitative estimate of drug-likeness (QED) is 0.743. The number of hydrogen-bond donors (Lipinski definition) is 1. The van der Waals surface area contributed by atoms with Gasteiger partial charge in [-0.3, -0.25) is 0 Å². The molecule has 3 aromatic rings. The minimum Gasteiger partial charge on any atom is -0.476 e. The summed E-state index contributed by atoms with van der Waals surface area (Å²) in [6.45, 7) is 6.79. The number of carboxylic acids is 1. The molecule has 25 heavy (non-hydrogen) atoms. The van der Waals surface area contributed by atoms with E-state index in [1.165, 1.54) is 0 Å². The van der Waals surface area contributed by atoms with E-state index in [0.717, 1.165) is 39.4 Å². The lowest BCUT2D eigenvalue weighted by Crippen LogP contribution is -2.33. The first-order valence-corrected chi connectivity index (χ1v) is 9.39. The number of carbonyl (C=O) groups is 1. The molecule has 1 fully saturated rings. The van der Waals surface area contributed by atoms with Crippen LogP contribution in [0.1, 0.15) is 61.3 Å². The van der Waals surface area contributed by atoms with Crippen LogP contribution in [0.3, 0.4) is 0 Å². The minimum atomic E-state index is -0.942. The van der Waals surface area contributed by atoms with Crippen LogP contribution in [0.15, 0.2) is 24.3 Å². The molecule has 1 N–H and O–H groups in total. The molecule has 2 bridgehead atoms. The van der Waals surface area contributed by atoms with Gasteiger partial charge in [-0.2, -0.15) is 5.10 Å². The van der Waals surface area contributed by atoms with Crippen molar-refractivity contribution in [2.24, 2.45) is 5.41 Å². The molecule has 2 aliphatic rings. The summed E-state index contributed by atoms with van der Waals surface area (Å²) >= 11 is 1.56. The summed E-state index contributed by atoms with van der Waals surface area (Å²) in [5, 5.41) is 15.0. The normalized spacial score (nSPS) is 26.3. The van der Waals surface area contributed by atoms with Crippen LogP contribution in [0.25, 0.3) is 15.3 Å². The molecule has 5 rings (SSSR count). The minimum absolute atomic E-state index is 0.0310. The molecule has 1 aromatic carbocycles. The molecule has 1 saturated carbocycles. The van der Waals surface area contributed by atoms with Gasteiger partial charge >= 0.3 is 5.97 Å². The van der Waals surface area contributed by atoms with Crippen molar-refractivity contribution in [3.63, 3.8) is 0 Å². The Kier molecular flexibility index (Phi) is 2.71. The summed E-state index contributed by atoms with van der Waals surface area (Å²) in [7, 11) is 0. The van der Waals surface area contributed by atoms with Gasteiger partial charge in [0.1, 0.15) is 0 Å². The third kappa shape index (κ3) is 1.66. The van der Waals surface area contributed by atoms with Gasteiger partial charge in [-0.15, -0.1) is 0 Å². The molecule has 0 amide bonds. The maximum atomic E-state index is 11.9. The van der Waals surface area contributed by atoms with Crippen LogP contribution in [0, 0.1) is 5.41 Å². The van der Waals surface area contributed by atoms with Crippen molar-refractivity contribution in [3.8, 4) is 5.13 Å². The Morgan fingerprint density at radius 2 is 2.08 bits per heavy atom. The van der Waals surface area contributed by atoms with Crippen LogP contribution in [-0.4, -0.2) is 25.8 Å². The molecule has 0 spiro atoms. The molecule has 0 radical (unpaired) electrons. The number of para-hydroxylation sites is 1. The third-order valence-corrected chi connectivity index (χ3v) is 7.70. The molecule has 0 saturated heterocycles. The lowest BCUT2D eigenvalue weighted by Gasteiger charge is -2.35. The average Bonchev–Trinajstić information content (AvgIpc) is 3.24. The van der Waals surface area contributed by atoms with E-state index in [0.29, 0.717) is 0 Å². The molecule has 2 heterocycles. The van der Waals surface area contributed by atoms with Gasteiger partial charge in [0.15, 0.2) is 5.69 Å². The van der Waals surface area contributed by atoms with E-state index in [1.807, 2.05) is 28.9 Å². The summed E-state index contributed by atoms with van der Waals surface area (Å²) < 4.78 is 2.91. The molecule has 0 aliphatic heterocycles. The molecule has 2 aromatic heterocycles. The zero-order valence-electron chi connectivity index (χ0n) is 14.4. The zero-order chi connectivity index (χ0) is 17.6. The van der Waals surface area contributed by atoms with E-state index < -0.39 is 5.97 Å². The van der Waals surface area contributed by atoms with Gasteiger partial charge in [0.2, 0.25) is 5.13 Å². The first-order chi connectivity index (χ1) is 11.8. The molecule has 2 atom stereocenters. The Morgan fingerprint density at radius 1 is 1.32 bits per heavy atom. The first-order valence-electron chi connectivity index (χ1n) is 8.57. The molecular formula is C19H19N3O2S. The van der Waals surface area contributed by atoms with Crippen molar-refractivity contribution in [2.75, 3.05) is 0 Å². The summed E-state index contributed by atoms with van der Waals surface area (Å²) in [6, 6.07) is 7.98. The summed E-state index contributed by atoms with van der Waals surface area (Å²) in [4.78, 5) is 16.6. The van der Waals surface area contributed by atoms with Crippen molar-refractivity contribution in [2.45, 2.75) is 44.9 Å². The van der Waals surface area contributed by atoms with Crippen molar-refractivity contribution in [1.29, 1.82) is 0 Å². The van der Waals surface area contributed by atoms with Crippen molar-refractivity contribution in [1.82, 2.24) is 14.8 Å². The van der Waals surface area contributed by atoms with E-state index in [1.54, 1.807) is 11.3 Å². The number of benzene rings is 1. The molecule has 2 aliphatic carbocycles. The zero-order valence-corrected chi connectivity index (χ0v) is 15.2. The molecular weight excluding hydrogens is 334 g/mol. The predicted octanol–water partition coefficient (Wildman–Crippen LogP) is 4.36. The fourth-order valence-electron chi connectivity index (χ4n) is 4.97. The number of aromatic nitrogens is 3. The van der Waals surface area contributed by atoms with E-state index in [2.05, 4.69) is 25.9 Å². The third-order valence-electron chi connectivity index (χ3n) is 6.69. The van der Waals surface area contributed by atoms with Gasteiger partial charge in [0.05, 0.1) is 15.9 Å². The molecule has 0 unspecified atom stereocenters. The number of rotatable bonds is 2. The summed E-state index contributed by atoms with van der Waals surface area (Å²) in [6.07, 6.45) is 2.09. The number of carboxylic acid groups (broad SMARTS) is 1. The standard InChI is InChI=1S/C19H19N3O2S/c1-18(2)10-8-9-19(18,3)15-13(10)14(16(23)24)21-22(15)17-20-11-6-4-5-7-12(11)25-17/h4-7,10H,8-9H2,1-3H3,(H,23,24)/t10-,19+/m0/s1. The maximum Gasteiger partial charge on any atom is 0.356 e. The van der Waals surface area contributed by atoms with E-state index in [-0.39, 0.29) is 22.4 Å². The second-order valence-electron chi connectivity index (χ2n) is 7.94. The SMILES string of the molecule is CC1(C)[C@H]2CC[C@]1(C)c1c2c(C(=O)O)nn1-c1nc2ccccc2s1.